The summed E-state index contributed by atoms with van der Waals surface area (Å²) in [5.74, 6) is 1.24. The maximum absolute atomic E-state index is 10.4. The van der Waals surface area contributed by atoms with Crippen molar-refractivity contribution in [2.24, 2.45) is 0 Å². The molecule has 0 bridgehead atoms. The highest BCUT2D eigenvalue weighted by molar-refractivity contribution is 8.17. The Kier molecular flexibility index (Phi) is 5.44. The minimum Gasteiger partial charge on any atom is -0.394 e. The fourth-order valence-electron chi connectivity index (χ4n) is 2.33. The molecule has 4 atom stereocenters. The second-order valence-corrected chi connectivity index (χ2v) is 8.07. The highest BCUT2D eigenvalue weighted by atomic mass is 32.2. The minimum absolute atomic E-state index is 0.139. The molecule has 0 amide bonds. The molecule has 2 aliphatic rings. The lowest BCUT2D eigenvalue weighted by Crippen LogP contribution is -2.61. The van der Waals surface area contributed by atoms with E-state index in [0.717, 1.165) is 17.9 Å². The second kappa shape index (κ2) is 6.51. The molecule has 4 unspecified atom stereocenters. The van der Waals surface area contributed by atoms with E-state index in [-0.39, 0.29) is 4.58 Å². The molecule has 19 heavy (non-hydrogen) atoms. The van der Waals surface area contributed by atoms with Crippen LogP contribution in [0.3, 0.4) is 0 Å². The SMILES string of the molecule is CC1(C)OC(C(O)CO)C(O)C(C2SCCCS2)O1. The van der Waals surface area contributed by atoms with Crippen molar-refractivity contribution in [2.75, 3.05) is 18.1 Å². The molecule has 7 heteroatoms. The summed E-state index contributed by atoms with van der Waals surface area (Å²) in [6.45, 7) is 3.09. The summed E-state index contributed by atoms with van der Waals surface area (Å²) < 4.78 is 11.5. The maximum Gasteiger partial charge on any atom is 0.163 e. The van der Waals surface area contributed by atoms with E-state index in [1.165, 1.54) is 0 Å². The summed E-state index contributed by atoms with van der Waals surface area (Å²) in [5.41, 5.74) is 0. The fraction of sp³-hybridized carbons (Fsp3) is 1.00. The van der Waals surface area contributed by atoms with Gasteiger partial charge >= 0.3 is 0 Å². The smallest absolute Gasteiger partial charge is 0.163 e. The molecule has 0 radical (unpaired) electrons. The van der Waals surface area contributed by atoms with Gasteiger partial charge in [0.05, 0.1) is 11.2 Å². The molecule has 2 heterocycles. The number of hydrogen-bond donors (Lipinski definition) is 3. The molecule has 0 aromatic carbocycles. The van der Waals surface area contributed by atoms with E-state index in [0.29, 0.717) is 0 Å². The van der Waals surface area contributed by atoms with E-state index in [2.05, 4.69) is 0 Å². The number of aliphatic hydroxyl groups excluding tert-OH is 3. The van der Waals surface area contributed by atoms with E-state index in [1.54, 1.807) is 37.4 Å². The van der Waals surface area contributed by atoms with Crippen LogP contribution in [0.5, 0.6) is 0 Å². The summed E-state index contributed by atoms with van der Waals surface area (Å²) in [6.07, 6.45) is -2.08. The standard InChI is InChI=1S/C12H22O5S2/c1-12(2)16-9(7(14)6-13)8(15)10(17-12)11-18-4-3-5-19-11/h7-11,13-15H,3-6H2,1-2H3. The molecule has 2 saturated heterocycles. The van der Waals surface area contributed by atoms with Crippen molar-refractivity contribution in [3.05, 3.63) is 0 Å². The van der Waals surface area contributed by atoms with E-state index in [9.17, 15) is 10.2 Å². The summed E-state index contributed by atoms with van der Waals surface area (Å²) in [7, 11) is 0. The van der Waals surface area contributed by atoms with Gasteiger partial charge in [-0.25, -0.2) is 0 Å². The Hall–Kier alpha value is 0.500. The Morgan fingerprint density at radius 3 is 2.47 bits per heavy atom. The van der Waals surface area contributed by atoms with Gasteiger partial charge in [0.1, 0.15) is 24.4 Å². The molecule has 2 fully saturated rings. The topological polar surface area (TPSA) is 79.2 Å². The second-order valence-electron chi connectivity index (χ2n) is 5.27. The minimum atomic E-state index is -1.10. The molecular weight excluding hydrogens is 288 g/mol. The van der Waals surface area contributed by atoms with Crippen molar-refractivity contribution in [1.82, 2.24) is 0 Å². The number of rotatable bonds is 3. The van der Waals surface area contributed by atoms with Gasteiger partial charge in [0.25, 0.3) is 0 Å². The number of aliphatic hydroxyl groups is 3. The van der Waals surface area contributed by atoms with Gasteiger partial charge < -0.3 is 24.8 Å². The van der Waals surface area contributed by atoms with E-state index < -0.39 is 36.8 Å². The predicted octanol–water partition coefficient (Wildman–Crippen LogP) is 0.417. The highest BCUT2D eigenvalue weighted by Gasteiger charge is 2.48. The third kappa shape index (κ3) is 3.78. The molecule has 112 valence electrons. The van der Waals surface area contributed by atoms with Crippen molar-refractivity contribution in [3.8, 4) is 0 Å². The molecule has 5 nitrogen and oxygen atoms in total. The average Bonchev–Trinajstić information content (AvgIpc) is 2.41. The first-order valence-electron chi connectivity index (χ1n) is 6.50. The van der Waals surface area contributed by atoms with Crippen LogP contribution in [0.15, 0.2) is 0 Å². The van der Waals surface area contributed by atoms with Gasteiger partial charge in [-0.05, 0) is 31.8 Å². The Labute approximate surface area is 122 Å². The third-order valence-corrected chi connectivity index (χ3v) is 6.26. The summed E-state index contributed by atoms with van der Waals surface area (Å²) >= 11 is 3.55. The number of ether oxygens (including phenoxy) is 2. The van der Waals surface area contributed by atoms with Crippen molar-refractivity contribution >= 4 is 23.5 Å². The van der Waals surface area contributed by atoms with E-state index >= 15 is 0 Å². The number of thioether (sulfide) groups is 2. The molecule has 2 aliphatic heterocycles. The zero-order chi connectivity index (χ0) is 14.0. The quantitative estimate of drug-likeness (QED) is 0.697. The van der Waals surface area contributed by atoms with Crippen molar-refractivity contribution in [1.29, 1.82) is 0 Å². The molecule has 0 aliphatic carbocycles. The first kappa shape index (κ1) is 15.9. The van der Waals surface area contributed by atoms with Crippen LogP contribution in [0.1, 0.15) is 20.3 Å². The Morgan fingerprint density at radius 1 is 1.26 bits per heavy atom. The van der Waals surface area contributed by atoms with Gasteiger partial charge in [0, 0.05) is 0 Å². The highest BCUT2D eigenvalue weighted by Crippen LogP contribution is 2.40. The molecular formula is C12H22O5S2. The summed E-state index contributed by atoms with van der Waals surface area (Å²) in [6, 6.07) is 0. The van der Waals surface area contributed by atoms with Gasteiger partial charge in [-0.15, -0.1) is 23.5 Å². The van der Waals surface area contributed by atoms with E-state index in [1.807, 2.05) is 0 Å². The molecule has 0 saturated carbocycles. The first-order valence-corrected chi connectivity index (χ1v) is 8.60. The molecule has 0 aromatic rings. The van der Waals surface area contributed by atoms with Crippen LogP contribution < -0.4 is 0 Å². The van der Waals surface area contributed by atoms with Crippen LogP contribution in [0, 0.1) is 0 Å². The van der Waals surface area contributed by atoms with Crippen molar-refractivity contribution in [3.63, 3.8) is 0 Å². The van der Waals surface area contributed by atoms with Crippen LogP contribution in [0.2, 0.25) is 0 Å². The normalized spacial score (nSPS) is 38.1. The first-order chi connectivity index (χ1) is 8.94. The molecule has 0 spiro atoms. The monoisotopic (exact) mass is 310 g/mol. The van der Waals surface area contributed by atoms with E-state index in [4.69, 9.17) is 14.6 Å². The zero-order valence-corrected chi connectivity index (χ0v) is 12.8. The Morgan fingerprint density at radius 2 is 1.89 bits per heavy atom. The van der Waals surface area contributed by atoms with Crippen LogP contribution in [-0.2, 0) is 9.47 Å². The van der Waals surface area contributed by atoms with Gasteiger partial charge in [-0.2, -0.15) is 0 Å². The average molecular weight is 310 g/mol. The van der Waals surface area contributed by atoms with Crippen LogP contribution in [0.4, 0.5) is 0 Å². The third-order valence-electron chi connectivity index (χ3n) is 3.20. The van der Waals surface area contributed by atoms with Crippen molar-refractivity contribution < 1.29 is 24.8 Å². The lowest BCUT2D eigenvalue weighted by atomic mass is 10.0. The fourth-order valence-corrected chi connectivity index (χ4v) is 5.38. The van der Waals surface area contributed by atoms with Gasteiger partial charge in [0.2, 0.25) is 0 Å². The molecule has 0 aromatic heterocycles. The van der Waals surface area contributed by atoms with Crippen LogP contribution in [0.25, 0.3) is 0 Å². The van der Waals surface area contributed by atoms with Crippen LogP contribution >= 0.6 is 23.5 Å². The maximum atomic E-state index is 10.4. The van der Waals surface area contributed by atoms with Gasteiger partial charge in [0.15, 0.2) is 5.79 Å². The number of hydrogen-bond acceptors (Lipinski definition) is 7. The predicted molar refractivity (Wildman–Crippen MR) is 76.2 cm³/mol. The zero-order valence-electron chi connectivity index (χ0n) is 11.2. The van der Waals surface area contributed by atoms with Crippen molar-refractivity contribution in [2.45, 2.75) is 55.1 Å². The summed E-state index contributed by atoms with van der Waals surface area (Å²) in [5, 5.41) is 29.2. The lowest BCUT2D eigenvalue weighted by Gasteiger charge is -2.47. The Balaban J connectivity index is 2.12. The lowest BCUT2D eigenvalue weighted by molar-refractivity contribution is -0.342. The molecule has 2 rings (SSSR count). The Bertz CT molecular complexity index is 296. The van der Waals surface area contributed by atoms with Gasteiger partial charge in [-0.3, -0.25) is 0 Å². The van der Waals surface area contributed by atoms with Gasteiger partial charge in [-0.1, -0.05) is 0 Å². The summed E-state index contributed by atoms with van der Waals surface area (Å²) in [4.78, 5) is 0. The largest absolute Gasteiger partial charge is 0.394 e. The van der Waals surface area contributed by atoms with Crippen LogP contribution in [-0.4, -0.2) is 68.2 Å². The molecule has 3 N–H and O–H groups in total.